The second-order valence-corrected chi connectivity index (χ2v) is 7.43. The van der Waals surface area contributed by atoms with E-state index in [0.29, 0.717) is 35.6 Å². The Morgan fingerprint density at radius 3 is 2.45 bits per heavy atom. The number of carbonyl (C=O) groups is 2. The molecule has 0 spiro atoms. The molecule has 1 aliphatic carbocycles. The van der Waals surface area contributed by atoms with Crippen LogP contribution >= 0.6 is 0 Å². The number of phenolic OH excluding ortho intramolecular Hbond substituents is 1. The lowest BCUT2D eigenvalue weighted by atomic mass is 9.73. The third-order valence-electron chi connectivity index (χ3n) is 5.69. The quantitative estimate of drug-likeness (QED) is 0.832. The Labute approximate surface area is 169 Å². The van der Waals surface area contributed by atoms with Crippen LogP contribution in [0.2, 0.25) is 0 Å². The maximum atomic E-state index is 13.1. The molecule has 2 N–H and O–H groups in total. The first-order chi connectivity index (χ1) is 14.0. The largest absolute Gasteiger partial charge is 0.508 e. The van der Waals surface area contributed by atoms with E-state index in [4.69, 9.17) is 9.47 Å². The predicted molar refractivity (Wildman–Crippen MR) is 107 cm³/mol. The van der Waals surface area contributed by atoms with E-state index < -0.39 is 0 Å². The fraction of sp³-hybridized carbons (Fsp3) is 0.304. The van der Waals surface area contributed by atoms with Crippen molar-refractivity contribution in [3.8, 4) is 17.2 Å². The summed E-state index contributed by atoms with van der Waals surface area (Å²) in [6.07, 6.45) is 1.13. The van der Waals surface area contributed by atoms with Gasteiger partial charge in [0.05, 0.1) is 14.2 Å². The van der Waals surface area contributed by atoms with Crippen LogP contribution < -0.4 is 14.8 Å². The summed E-state index contributed by atoms with van der Waals surface area (Å²) in [5.74, 6) is 0.907. The molecule has 0 bridgehead atoms. The molecule has 2 atom stereocenters. The van der Waals surface area contributed by atoms with Gasteiger partial charge in [-0.15, -0.1) is 0 Å². The molecule has 0 saturated carbocycles. The van der Waals surface area contributed by atoms with Crippen molar-refractivity contribution in [3.05, 3.63) is 64.9 Å². The fourth-order valence-corrected chi connectivity index (χ4v) is 4.33. The number of carbonyl (C=O) groups excluding carboxylic acids is 2. The first-order valence-electron chi connectivity index (χ1n) is 9.57. The van der Waals surface area contributed by atoms with E-state index in [9.17, 15) is 14.7 Å². The number of benzene rings is 2. The molecule has 150 valence electrons. The average Bonchev–Trinajstić information content (AvgIpc) is 2.72. The summed E-state index contributed by atoms with van der Waals surface area (Å²) in [6.45, 7) is 0. The highest BCUT2D eigenvalue weighted by molar-refractivity contribution is 6.02. The highest BCUT2D eigenvalue weighted by Crippen LogP contribution is 2.44. The summed E-state index contributed by atoms with van der Waals surface area (Å²) < 4.78 is 10.7. The summed E-state index contributed by atoms with van der Waals surface area (Å²) >= 11 is 0. The number of hydrogen-bond donors (Lipinski definition) is 2. The van der Waals surface area contributed by atoms with Gasteiger partial charge in [0.1, 0.15) is 5.75 Å². The standard InChI is InChI=1S/C23H23NO5/c1-28-20-7-6-13(11-21(20)29-2)15-9-18-23(19(26)10-15)17(12-22(27)24-18)14-4-3-5-16(25)8-14/h3-8,11,15,17,25H,9-10,12H2,1-2H3,(H,24,27). The van der Waals surface area contributed by atoms with Gasteiger partial charge in [-0.05, 0) is 47.7 Å². The van der Waals surface area contributed by atoms with Gasteiger partial charge in [-0.25, -0.2) is 0 Å². The molecule has 0 fully saturated rings. The summed E-state index contributed by atoms with van der Waals surface area (Å²) in [6, 6.07) is 12.4. The van der Waals surface area contributed by atoms with Crippen LogP contribution in [-0.2, 0) is 9.59 Å². The van der Waals surface area contributed by atoms with E-state index in [2.05, 4.69) is 5.32 Å². The van der Waals surface area contributed by atoms with E-state index in [1.807, 2.05) is 24.3 Å². The van der Waals surface area contributed by atoms with Gasteiger partial charge in [0.2, 0.25) is 5.91 Å². The van der Waals surface area contributed by atoms with E-state index in [-0.39, 0.29) is 35.7 Å². The Morgan fingerprint density at radius 1 is 0.931 bits per heavy atom. The third-order valence-corrected chi connectivity index (χ3v) is 5.69. The topological polar surface area (TPSA) is 84.9 Å². The van der Waals surface area contributed by atoms with Gasteiger partial charge >= 0.3 is 0 Å². The van der Waals surface area contributed by atoms with Crippen molar-refractivity contribution >= 4 is 11.7 Å². The number of rotatable bonds is 4. The lowest BCUT2D eigenvalue weighted by Crippen LogP contribution is -2.38. The van der Waals surface area contributed by atoms with E-state index >= 15 is 0 Å². The molecule has 0 saturated heterocycles. The number of ether oxygens (including phenoxy) is 2. The summed E-state index contributed by atoms with van der Waals surface area (Å²) in [7, 11) is 3.16. The van der Waals surface area contributed by atoms with Crippen molar-refractivity contribution in [3.63, 3.8) is 0 Å². The number of methoxy groups -OCH3 is 2. The molecule has 0 aromatic heterocycles. The van der Waals surface area contributed by atoms with Gasteiger partial charge in [0.15, 0.2) is 17.3 Å². The fourth-order valence-electron chi connectivity index (χ4n) is 4.33. The Kier molecular flexibility index (Phi) is 5.01. The number of aromatic hydroxyl groups is 1. The zero-order chi connectivity index (χ0) is 20.5. The number of amides is 1. The maximum absolute atomic E-state index is 13.1. The van der Waals surface area contributed by atoms with Gasteiger partial charge in [0, 0.05) is 30.0 Å². The summed E-state index contributed by atoms with van der Waals surface area (Å²) in [4.78, 5) is 25.5. The third kappa shape index (κ3) is 3.58. The summed E-state index contributed by atoms with van der Waals surface area (Å²) in [5, 5.41) is 12.7. The predicted octanol–water partition coefficient (Wildman–Crippen LogP) is 3.41. The molecule has 1 amide bonds. The smallest absolute Gasteiger partial charge is 0.225 e. The van der Waals surface area contributed by atoms with Gasteiger partial charge in [-0.1, -0.05) is 18.2 Å². The summed E-state index contributed by atoms with van der Waals surface area (Å²) in [5.41, 5.74) is 3.10. The highest BCUT2D eigenvalue weighted by Gasteiger charge is 2.38. The van der Waals surface area contributed by atoms with Crippen LogP contribution in [0.25, 0.3) is 0 Å². The molecule has 29 heavy (non-hydrogen) atoms. The first-order valence-corrected chi connectivity index (χ1v) is 9.57. The second kappa shape index (κ2) is 7.62. The Hall–Kier alpha value is -3.28. The molecule has 0 radical (unpaired) electrons. The highest BCUT2D eigenvalue weighted by atomic mass is 16.5. The normalized spacial score (nSPS) is 21.4. The molecule has 2 aromatic rings. The van der Waals surface area contributed by atoms with Crippen LogP contribution in [0.1, 0.15) is 42.2 Å². The van der Waals surface area contributed by atoms with Crippen LogP contribution in [0.5, 0.6) is 17.2 Å². The number of allylic oxidation sites excluding steroid dienone is 2. The number of nitrogens with one attached hydrogen (secondary N) is 1. The van der Waals surface area contributed by atoms with E-state index in [0.717, 1.165) is 11.1 Å². The van der Waals surface area contributed by atoms with Crippen molar-refractivity contribution in [2.45, 2.75) is 31.1 Å². The molecular formula is C23H23NO5. The molecule has 4 rings (SSSR count). The first kappa shape index (κ1) is 19.1. The van der Waals surface area contributed by atoms with Gasteiger partial charge in [0.25, 0.3) is 0 Å². The van der Waals surface area contributed by atoms with Crippen molar-refractivity contribution in [2.75, 3.05) is 14.2 Å². The lowest BCUT2D eigenvalue weighted by Gasteiger charge is -2.34. The number of phenols is 1. The molecule has 2 aliphatic rings. The zero-order valence-electron chi connectivity index (χ0n) is 16.4. The molecular weight excluding hydrogens is 370 g/mol. The van der Waals surface area contributed by atoms with E-state index in [1.54, 1.807) is 32.4 Å². The van der Waals surface area contributed by atoms with Crippen molar-refractivity contribution in [1.82, 2.24) is 5.32 Å². The lowest BCUT2D eigenvalue weighted by molar-refractivity contribution is -0.122. The number of Topliss-reactive ketones (excluding diaryl/α,β-unsaturated/α-hetero) is 1. The Balaban J connectivity index is 1.70. The van der Waals surface area contributed by atoms with Gasteiger partial charge < -0.3 is 19.9 Å². The number of hydrogen-bond acceptors (Lipinski definition) is 5. The average molecular weight is 393 g/mol. The second-order valence-electron chi connectivity index (χ2n) is 7.43. The minimum atomic E-state index is -0.329. The van der Waals surface area contributed by atoms with Crippen molar-refractivity contribution < 1.29 is 24.2 Å². The SMILES string of the molecule is COc1ccc(C2CC(=O)C3=C(C2)NC(=O)CC3c2cccc(O)c2)cc1OC. The molecule has 1 heterocycles. The maximum Gasteiger partial charge on any atom is 0.225 e. The van der Waals surface area contributed by atoms with Crippen LogP contribution in [0.15, 0.2) is 53.7 Å². The van der Waals surface area contributed by atoms with Crippen molar-refractivity contribution in [1.29, 1.82) is 0 Å². The molecule has 1 aliphatic heterocycles. The van der Waals surface area contributed by atoms with Gasteiger partial charge in [-0.2, -0.15) is 0 Å². The van der Waals surface area contributed by atoms with E-state index in [1.165, 1.54) is 0 Å². The monoisotopic (exact) mass is 393 g/mol. The Bertz CT molecular complexity index is 1010. The van der Waals surface area contributed by atoms with Crippen LogP contribution in [0.3, 0.4) is 0 Å². The zero-order valence-corrected chi connectivity index (χ0v) is 16.4. The molecule has 2 aromatic carbocycles. The Morgan fingerprint density at radius 2 is 1.72 bits per heavy atom. The van der Waals surface area contributed by atoms with Crippen LogP contribution in [-0.4, -0.2) is 31.0 Å². The molecule has 2 unspecified atom stereocenters. The molecule has 6 nitrogen and oxygen atoms in total. The minimum Gasteiger partial charge on any atom is -0.508 e. The minimum absolute atomic E-state index is 0.0272. The van der Waals surface area contributed by atoms with Crippen molar-refractivity contribution in [2.24, 2.45) is 0 Å². The van der Waals surface area contributed by atoms with Crippen LogP contribution in [0, 0.1) is 0 Å². The molecule has 6 heteroatoms. The van der Waals surface area contributed by atoms with Gasteiger partial charge in [-0.3, -0.25) is 9.59 Å². The number of ketones is 1. The van der Waals surface area contributed by atoms with Crippen LogP contribution in [0.4, 0.5) is 0 Å².